The minimum absolute atomic E-state index is 0.0780. The molecule has 0 radical (unpaired) electrons. The molecule has 1 aromatic carbocycles. The highest BCUT2D eigenvalue weighted by molar-refractivity contribution is 5.18. The first-order valence-electron chi connectivity index (χ1n) is 6.41. The van der Waals surface area contributed by atoms with Crippen LogP contribution < -0.4 is 5.32 Å². The Morgan fingerprint density at radius 1 is 1.32 bits per heavy atom. The highest BCUT2D eigenvalue weighted by atomic mass is 19.1. The Morgan fingerprint density at radius 3 is 2.68 bits per heavy atom. The zero-order chi connectivity index (χ0) is 13.8. The molecule has 0 saturated carbocycles. The van der Waals surface area contributed by atoms with Crippen LogP contribution in [-0.2, 0) is 13.5 Å². The third-order valence-corrected chi connectivity index (χ3v) is 3.15. The number of nitrogens with one attached hydrogen (secondary N) is 1. The van der Waals surface area contributed by atoms with Gasteiger partial charge in [0, 0.05) is 13.1 Å². The van der Waals surface area contributed by atoms with E-state index in [1.807, 2.05) is 37.6 Å². The lowest BCUT2D eigenvalue weighted by molar-refractivity contribution is 0.447. The second-order valence-corrected chi connectivity index (χ2v) is 4.88. The van der Waals surface area contributed by atoms with E-state index in [4.69, 9.17) is 0 Å². The van der Waals surface area contributed by atoms with E-state index in [9.17, 15) is 4.39 Å². The number of hydrogen-bond donors (Lipinski definition) is 1. The van der Waals surface area contributed by atoms with E-state index >= 15 is 0 Å². The molecule has 1 N–H and O–H groups in total. The fourth-order valence-electron chi connectivity index (χ4n) is 2.24. The summed E-state index contributed by atoms with van der Waals surface area (Å²) < 4.78 is 15.5. The van der Waals surface area contributed by atoms with E-state index in [1.165, 1.54) is 6.07 Å². The fourth-order valence-corrected chi connectivity index (χ4v) is 2.24. The van der Waals surface area contributed by atoms with Gasteiger partial charge in [-0.3, -0.25) is 0 Å². The first kappa shape index (κ1) is 13.7. The molecule has 0 amide bonds. The minimum Gasteiger partial charge on any atom is -0.319 e. The van der Waals surface area contributed by atoms with Crippen molar-refractivity contribution < 1.29 is 4.39 Å². The Morgan fingerprint density at radius 2 is 2.05 bits per heavy atom. The molecule has 102 valence electrons. The number of benzene rings is 1. The Bertz CT molecular complexity index is 538. The molecule has 2 rings (SSSR count). The molecule has 0 bridgehead atoms. The van der Waals surface area contributed by atoms with Crippen molar-refractivity contribution in [2.75, 3.05) is 0 Å². The molecule has 0 spiro atoms. The van der Waals surface area contributed by atoms with Crippen LogP contribution in [0, 0.1) is 5.82 Å². The van der Waals surface area contributed by atoms with Crippen LogP contribution in [0.5, 0.6) is 0 Å². The predicted molar refractivity (Wildman–Crippen MR) is 72.1 cm³/mol. The first-order chi connectivity index (χ1) is 9.08. The summed E-state index contributed by atoms with van der Waals surface area (Å²) in [4.78, 5) is 0. The lowest BCUT2D eigenvalue weighted by atomic mass is 10.1. The summed E-state index contributed by atoms with van der Waals surface area (Å²) in [6.45, 7) is 4.07. The van der Waals surface area contributed by atoms with Crippen LogP contribution in [0.25, 0.3) is 0 Å². The van der Waals surface area contributed by atoms with Gasteiger partial charge in [-0.25, -0.2) is 4.39 Å². The van der Waals surface area contributed by atoms with Crippen molar-refractivity contribution in [1.29, 1.82) is 0 Å². The molecule has 0 aliphatic heterocycles. The quantitative estimate of drug-likeness (QED) is 0.898. The van der Waals surface area contributed by atoms with Crippen molar-refractivity contribution in [3.8, 4) is 0 Å². The second kappa shape index (κ2) is 5.93. The van der Waals surface area contributed by atoms with Gasteiger partial charge in [-0.15, -0.1) is 10.2 Å². The van der Waals surface area contributed by atoms with Crippen LogP contribution in [0.3, 0.4) is 0 Å². The van der Waals surface area contributed by atoms with E-state index in [0.29, 0.717) is 6.42 Å². The van der Waals surface area contributed by atoms with Crippen molar-refractivity contribution in [3.05, 3.63) is 47.8 Å². The number of rotatable bonds is 5. The summed E-state index contributed by atoms with van der Waals surface area (Å²) >= 11 is 0. The van der Waals surface area contributed by atoms with Crippen molar-refractivity contribution in [2.45, 2.75) is 32.4 Å². The monoisotopic (exact) mass is 262 g/mol. The maximum Gasteiger partial charge on any atom is 0.149 e. The maximum atomic E-state index is 13.6. The normalized spacial score (nSPS) is 14.3. The Kier molecular flexibility index (Phi) is 4.27. The van der Waals surface area contributed by atoms with Gasteiger partial charge in [-0.1, -0.05) is 18.2 Å². The first-order valence-corrected chi connectivity index (χ1v) is 6.41. The van der Waals surface area contributed by atoms with Gasteiger partial charge in [0.15, 0.2) is 0 Å². The van der Waals surface area contributed by atoms with E-state index in [-0.39, 0.29) is 17.9 Å². The molecule has 2 unspecified atom stereocenters. The van der Waals surface area contributed by atoms with Gasteiger partial charge in [0.05, 0.1) is 6.04 Å². The van der Waals surface area contributed by atoms with Crippen molar-refractivity contribution in [1.82, 2.24) is 20.1 Å². The Balaban J connectivity index is 1.97. The fraction of sp³-hybridized carbons (Fsp3) is 0.429. The zero-order valence-corrected chi connectivity index (χ0v) is 11.5. The lowest BCUT2D eigenvalue weighted by Gasteiger charge is -2.19. The number of nitrogens with zero attached hydrogens (tertiary/aromatic N) is 3. The van der Waals surface area contributed by atoms with Crippen LogP contribution in [0.4, 0.5) is 4.39 Å². The maximum absolute atomic E-state index is 13.6. The predicted octanol–water partition coefficient (Wildman–Crippen LogP) is 2.24. The van der Waals surface area contributed by atoms with Crippen molar-refractivity contribution in [2.24, 2.45) is 7.05 Å². The number of aryl methyl sites for hydroxylation is 1. The highest BCUT2D eigenvalue weighted by Crippen LogP contribution is 2.12. The lowest BCUT2D eigenvalue weighted by Crippen LogP contribution is -2.32. The molecular weight excluding hydrogens is 243 g/mol. The summed E-state index contributed by atoms with van der Waals surface area (Å²) in [5, 5.41) is 11.3. The van der Waals surface area contributed by atoms with Gasteiger partial charge in [-0.2, -0.15) is 0 Å². The third kappa shape index (κ3) is 3.38. The molecule has 5 heteroatoms. The molecule has 0 aliphatic carbocycles. The minimum atomic E-state index is -0.150. The van der Waals surface area contributed by atoms with Crippen LogP contribution >= 0.6 is 0 Å². The molecular formula is C14H19FN4. The summed E-state index contributed by atoms with van der Waals surface area (Å²) in [6.07, 6.45) is 2.32. The van der Waals surface area contributed by atoms with Crippen LogP contribution in [0.2, 0.25) is 0 Å². The van der Waals surface area contributed by atoms with Gasteiger partial charge in [-0.05, 0) is 31.9 Å². The number of hydrogen-bond acceptors (Lipinski definition) is 3. The van der Waals surface area contributed by atoms with E-state index < -0.39 is 0 Å². The summed E-state index contributed by atoms with van der Waals surface area (Å²) in [6, 6.07) is 7.11. The molecule has 2 atom stereocenters. The topological polar surface area (TPSA) is 42.7 Å². The standard InChI is InChI=1S/C14H19FN4/c1-10(8-12-6-4-5-7-13(12)15)17-11(2)14-18-16-9-19(14)3/h4-7,9-11,17H,8H2,1-3H3. The Hall–Kier alpha value is -1.75. The van der Waals surface area contributed by atoms with Crippen molar-refractivity contribution in [3.63, 3.8) is 0 Å². The molecule has 1 heterocycles. The van der Waals surface area contributed by atoms with Gasteiger partial charge >= 0.3 is 0 Å². The summed E-state index contributed by atoms with van der Waals surface area (Å²) in [5.41, 5.74) is 0.729. The molecule has 0 aliphatic rings. The molecule has 0 fully saturated rings. The molecule has 0 saturated heterocycles. The largest absolute Gasteiger partial charge is 0.319 e. The van der Waals surface area contributed by atoms with Gasteiger partial charge in [0.25, 0.3) is 0 Å². The van der Waals surface area contributed by atoms with Gasteiger partial charge in [0.2, 0.25) is 0 Å². The number of aromatic nitrogens is 3. The summed E-state index contributed by atoms with van der Waals surface area (Å²) in [5.74, 6) is 0.725. The average Bonchev–Trinajstić information content (AvgIpc) is 2.78. The van der Waals surface area contributed by atoms with Gasteiger partial charge in [0.1, 0.15) is 18.0 Å². The van der Waals surface area contributed by atoms with Crippen LogP contribution in [0.15, 0.2) is 30.6 Å². The van der Waals surface area contributed by atoms with Gasteiger partial charge < -0.3 is 9.88 Å². The highest BCUT2D eigenvalue weighted by Gasteiger charge is 2.15. The zero-order valence-electron chi connectivity index (χ0n) is 11.5. The molecule has 4 nitrogen and oxygen atoms in total. The molecule has 1 aromatic heterocycles. The molecule has 2 aromatic rings. The van der Waals surface area contributed by atoms with E-state index in [1.54, 1.807) is 12.4 Å². The third-order valence-electron chi connectivity index (χ3n) is 3.15. The second-order valence-electron chi connectivity index (χ2n) is 4.88. The smallest absolute Gasteiger partial charge is 0.149 e. The summed E-state index contributed by atoms with van der Waals surface area (Å²) in [7, 11) is 1.91. The Labute approximate surface area is 112 Å². The molecule has 19 heavy (non-hydrogen) atoms. The number of halogens is 1. The van der Waals surface area contributed by atoms with Crippen molar-refractivity contribution >= 4 is 0 Å². The SMILES string of the molecule is CC(Cc1ccccc1F)NC(C)c1nncn1C. The van der Waals surface area contributed by atoms with Crippen LogP contribution in [-0.4, -0.2) is 20.8 Å². The average molecular weight is 262 g/mol. The van der Waals surface area contributed by atoms with E-state index in [2.05, 4.69) is 15.5 Å². The van der Waals surface area contributed by atoms with Crippen LogP contribution in [0.1, 0.15) is 31.3 Å². The van der Waals surface area contributed by atoms with E-state index in [0.717, 1.165) is 11.4 Å².